The van der Waals surface area contributed by atoms with Crippen molar-refractivity contribution >= 4 is 17.3 Å². The molecule has 2 rings (SSSR count). The molecule has 0 spiro atoms. The van der Waals surface area contributed by atoms with E-state index in [0.29, 0.717) is 18.2 Å². The lowest BCUT2D eigenvalue weighted by molar-refractivity contribution is 0.245. The van der Waals surface area contributed by atoms with E-state index in [4.69, 9.17) is 12.2 Å². The number of nitrogens with one attached hydrogen (secondary N) is 1. The second-order valence-corrected chi connectivity index (χ2v) is 5.48. The minimum Gasteiger partial charge on any atom is -0.395 e. The predicted molar refractivity (Wildman–Crippen MR) is 94.7 cm³/mol. The number of nitrogens with zero attached hydrogens (tertiary/aromatic N) is 1. The summed E-state index contributed by atoms with van der Waals surface area (Å²) in [5.41, 5.74) is 2.47. The molecule has 22 heavy (non-hydrogen) atoms. The zero-order chi connectivity index (χ0) is 15.6. The molecule has 0 unspecified atom stereocenters. The van der Waals surface area contributed by atoms with Crippen LogP contribution in [0, 0.1) is 0 Å². The van der Waals surface area contributed by atoms with Gasteiger partial charge in [-0.25, -0.2) is 0 Å². The monoisotopic (exact) mass is 314 g/mol. The molecule has 0 aliphatic rings. The van der Waals surface area contributed by atoms with Crippen molar-refractivity contribution in [1.82, 2.24) is 10.2 Å². The van der Waals surface area contributed by atoms with Crippen molar-refractivity contribution in [1.29, 1.82) is 0 Å². The smallest absolute Gasteiger partial charge is 0.169 e. The number of hydrogen-bond acceptors (Lipinski definition) is 2. The summed E-state index contributed by atoms with van der Waals surface area (Å²) in [5.74, 6) is 0. The standard InChI is InChI=1S/C18H22N2OS/c21-14-13-20(15-17-9-5-2-6-10-17)18(22)19-12-11-16-7-3-1-4-8-16/h1-10,21H,11-15H2,(H,19,22). The average Bonchev–Trinajstić information content (AvgIpc) is 2.56. The molecule has 0 aliphatic heterocycles. The second-order valence-electron chi connectivity index (χ2n) is 5.10. The van der Waals surface area contributed by atoms with E-state index in [1.54, 1.807) is 0 Å². The summed E-state index contributed by atoms with van der Waals surface area (Å²) in [4.78, 5) is 2.00. The Labute approximate surface area is 137 Å². The van der Waals surface area contributed by atoms with E-state index < -0.39 is 0 Å². The van der Waals surface area contributed by atoms with E-state index >= 15 is 0 Å². The highest BCUT2D eigenvalue weighted by molar-refractivity contribution is 7.80. The van der Waals surface area contributed by atoms with Crippen LogP contribution in [0.15, 0.2) is 60.7 Å². The zero-order valence-corrected chi connectivity index (χ0v) is 13.4. The lowest BCUT2D eigenvalue weighted by atomic mass is 10.1. The number of aliphatic hydroxyl groups excluding tert-OH is 1. The van der Waals surface area contributed by atoms with Crippen LogP contribution in [0.25, 0.3) is 0 Å². The first-order chi connectivity index (χ1) is 10.8. The Bertz CT molecular complexity index is 560. The van der Waals surface area contributed by atoms with Gasteiger partial charge in [0.2, 0.25) is 0 Å². The van der Waals surface area contributed by atoms with Crippen molar-refractivity contribution in [3.63, 3.8) is 0 Å². The number of aliphatic hydroxyl groups is 1. The van der Waals surface area contributed by atoms with Crippen LogP contribution in [0.3, 0.4) is 0 Å². The highest BCUT2D eigenvalue weighted by Gasteiger charge is 2.09. The minimum atomic E-state index is 0.0906. The van der Waals surface area contributed by atoms with Gasteiger partial charge in [-0.05, 0) is 29.8 Å². The van der Waals surface area contributed by atoms with E-state index in [9.17, 15) is 5.11 Å². The van der Waals surface area contributed by atoms with E-state index in [0.717, 1.165) is 13.0 Å². The van der Waals surface area contributed by atoms with Gasteiger partial charge in [0.15, 0.2) is 5.11 Å². The van der Waals surface area contributed by atoms with Gasteiger partial charge in [0.25, 0.3) is 0 Å². The molecule has 0 fully saturated rings. The summed E-state index contributed by atoms with van der Waals surface area (Å²) in [7, 11) is 0. The van der Waals surface area contributed by atoms with Gasteiger partial charge in [-0.1, -0.05) is 60.7 Å². The first-order valence-electron chi connectivity index (χ1n) is 7.51. The van der Waals surface area contributed by atoms with E-state index in [-0.39, 0.29) is 6.61 Å². The Morgan fingerprint density at radius 2 is 1.55 bits per heavy atom. The minimum absolute atomic E-state index is 0.0906. The van der Waals surface area contributed by atoms with Crippen LogP contribution in [-0.4, -0.2) is 34.8 Å². The molecule has 0 radical (unpaired) electrons. The number of thiocarbonyl (C=S) groups is 1. The Morgan fingerprint density at radius 3 is 2.14 bits per heavy atom. The highest BCUT2D eigenvalue weighted by atomic mass is 32.1. The Morgan fingerprint density at radius 1 is 0.955 bits per heavy atom. The second kappa shape index (κ2) is 9.18. The molecule has 2 aromatic carbocycles. The number of hydrogen-bond donors (Lipinski definition) is 2. The third-order valence-corrected chi connectivity index (χ3v) is 3.81. The van der Waals surface area contributed by atoms with E-state index in [1.807, 2.05) is 41.3 Å². The maximum Gasteiger partial charge on any atom is 0.169 e. The van der Waals surface area contributed by atoms with Gasteiger partial charge in [-0.15, -0.1) is 0 Å². The van der Waals surface area contributed by atoms with Gasteiger partial charge < -0.3 is 15.3 Å². The Kier molecular flexibility index (Phi) is 6.87. The summed E-state index contributed by atoms with van der Waals surface area (Å²) in [6.07, 6.45) is 0.930. The summed E-state index contributed by atoms with van der Waals surface area (Å²) < 4.78 is 0. The third-order valence-electron chi connectivity index (χ3n) is 3.41. The molecular weight excluding hydrogens is 292 g/mol. The van der Waals surface area contributed by atoms with Crippen molar-refractivity contribution in [3.05, 3.63) is 71.8 Å². The molecule has 116 valence electrons. The summed E-state index contributed by atoms with van der Waals surface area (Å²) >= 11 is 5.46. The van der Waals surface area contributed by atoms with Gasteiger partial charge >= 0.3 is 0 Å². The molecule has 2 N–H and O–H groups in total. The van der Waals surface area contributed by atoms with Crippen molar-refractivity contribution in [2.75, 3.05) is 19.7 Å². The van der Waals surface area contributed by atoms with Gasteiger partial charge in [-0.3, -0.25) is 0 Å². The molecule has 2 aromatic rings. The Hall–Kier alpha value is -1.91. The van der Waals surface area contributed by atoms with Crippen LogP contribution in [0.2, 0.25) is 0 Å². The van der Waals surface area contributed by atoms with Crippen LogP contribution in [-0.2, 0) is 13.0 Å². The summed E-state index contributed by atoms with van der Waals surface area (Å²) in [6, 6.07) is 20.5. The summed E-state index contributed by atoms with van der Waals surface area (Å²) in [5, 5.41) is 13.2. The maximum absolute atomic E-state index is 9.24. The average molecular weight is 314 g/mol. The molecule has 0 saturated heterocycles. The van der Waals surface area contributed by atoms with Crippen LogP contribution >= 0.6 is 12.2 Å². The zero-order valence-electron chi connectivity index (χ0n) is 12.6. The summed E-state index contributed by atoms with van der Waals surface area (Å²) in [6.45, 7) is 2.12. The molecule has 0 atom stereocenters. The normalized spacial score (nSPS) is 10.2. The molecule has 4 heteroatoms. The quantitative estimate of drug-likeness (QED) is 0.770. The lowest BCUT2D eigenvalue weighted by Crippen LogP contribution is -2.41. The lowest BCUT2D eigenvalue weighted by Gasteiger charge is -2.25. The fourth-order valence-electron chi connectivity index (χ4n) is 2.25. The molecular formula is C18H22N2OS. The van der Waals surface area contributed by atoms with Crippen LogP contribution in [0.5, 0.6) is 0 Å². The van der Waals surface area contributed by atoms with E-state index in [1.165, 1.54) is 11.1 Å². The highest BCUT2D eigenvalue weighted by Crippen LogP contribution is 2.05. The van der Waals surface area contributed by atoms with Crippen molar-refractivity contribution in [2.24, 2.45) is 0 Å². The maximum atomic E-state index is 9.24. The number of benzene rings is 2. The number of rotatable bonds is 7. The first kappa shape index (κ1) is 16.5. The molecule has 0 amide bonds. The van der Waals surface area contributed by atoms with E-state index in [2.05, 4.69) is 29.6 Å². The Balaban J connectivity index is 1.84. The molecule has 0 aliphatic carbocycles. The SMILES string of the molecule is OCCN(Cc1ccccc1)C(=S)NCCc1ccccc1. The van der Waals surface area contributed by atoms with Gasteiger partial charge in [-0.2, -0.15) is 0 Å². The van der Waals surface area contributed by atoms with Crippen LogP contribution in [0.1, 0.15) is 11.1 Å². The van der Waals surface area contributed by atoms with Crippen LogP contribution < -0.4 is 5.32 Å². The fraction of sp³-hybridized carbons (Fsp3) is 0.278. The molecule has 0 heterocycles. The fourth-order valence-corrected chi connectivity index (χ4v) is 2.51. The molecule has 0 aromatic heterocycles. The van der Waals surface area contributed by atoms with Gasteiger partial charge in [0.1, 0.15) is 0 Å². The van der Waals surface area contributed by atoms with Crippen LogP contribution in [0.4, 0.5) is 0 Å². The first-order valence-corrected chi connectivity index (χ1v) is 7.92. The van der Waals surface area contributed by atoms with Crippen molar-refractivity contribution in [2.45, 2.75) is 13.0 Å². The van der Waals surface area contributed by atoms with Gasteiger partial charge in [0, 0.05) is 19.6 Å². The third kappa shape index (κ3) is 5.47. The predicted octanol–water partition coefficient (Wildman–Crippen LogP) is 2.60. The van der Waals surface area contributed by atoms with Crippen molar-refractivity contribution in [3.8, 4) is 0 Å². The molecule has 3 nitrogen and oxygen atoms in total. The molecule has 0 bridgehead atoms. The molecule has 0 saturated carbocycles. The van der Waals surface area contributed by atoms with Crippen molar-refractivity contribution < 1.29 is 5.11 Å². The van der Waals surface area contributed by atoms with Gasteiger partial charge in [0.05, 0.1) is 6.61 Å². The topological polar surface area (TPSA) is 35.5 Å². The largest absolute Gasteiger partial charge is 0.395 e.